The Bertz CT molecular complexity index is 2090. The number of carbonyl (C=O) groups excluding carboxylic acids is 1. The van der Waals surface area contributed by atoms with Crippen molar-refractivity contribution in [3.05, 3.63) is 98.1 Å². The van der Waals surface area contributed by atoms with E-state index < -0.39 is 22.7 Å². The van der Waals surface area contributed by atoms with E-state index in [1.54, 1.807) is 0 Å². The predicted molar refractivity (Wildman–Crippen MR) is 241 cm³/mol. The average molecular weight is 807 g/mol. The van der Waals surface area contributed by atoms with Crippen molar-refractivity contribution in [3.8, 4) is 17.2 Å². The van der Waals surface area contributed by atoms with Gasteiger partial charge in [0.05, 0.1) is 19.8 Å². The SMILES string of the molecule is CCCOc1c2cc(C(C)(C)C)cc1Cc1cc(C(C)(C)C)cc(c1OCCC)Cc1cc(C(C)(C)C)cc(c1OCCC)C[C@]13O[C@H]1[C@](O)(C(C)(C)C)C=C(C2)C3=O. The first-order valence-corrected chi connectivity index (χ1v) is 22.4. The summed E-state index contributed by atoms with van der Waals surface area (Å²) in [6.45, 7) is 34.5. The van der Waals surface area contributed by atoms with Crippen LogP contribution in [0.15, 0.2) is 48.0 Å². The molecule has 1 saturated heterocycles. The maximum Gasteiger partial charge on any atom is 0.193 e. The predicted octanol–water partition coefficient (Wildman–Crippen LogP) is 11.6. The minimum Gasteiger partial charge on any atom is -0.493 e. The molecule has 1 aliphatic heterocycles. The molecule has 6 rings (SSSR count). The van der Waals surface area contributed by atoms with Gasteiger partial charge < -0.3 is 24.1 Å². The van der Waals surface area contributed by atoms with Gasteiger partial charge in [0.2, 0.25) is 0 Å². The van der Waals surface area contributed by atoms with Crippen molar-refractivity contribution >= 4 is 5.78 Å². The molecule has 2 aliphatic carbocycles. The van der Waals surface area contributed by atoms with Crippen LogP contribution in [0.4, 0.5) is 0 Å². The molecule has 1 fully saturated rings. The Morgan fingerprint density at radius 3 is 1.25 bits per heavy atom. The molecule has 59 heavy (non-hydrogen) atoms. The van der Waals surface area contributed by atoms with Crippen molar-refractivity contribution in [1.82, 2.24) is 0 Å². The molecule has 3 aromatic carbocycles. The van der Waals surface area contributed by atoms with Gasteiger partial charge in [0.15, 0.2) is 11.4 Å². The molecule has 0 amide bonds. The van der Waals surface area contributed by atoms with Crippen LogP contribution in [0.25, 0.3) is 0 Å². The molecule has 6 heteroatoms. The Morgan fingerprint density at radius 2 is 0.915 bits per heavy atom. The minimum absolute atomic E-state index is 0.0629. The summed E-state index contributed by atoms with van der Waals surface area (Å²) in [7, 11) is 0. The Hall–Kier alpha value is -3.61. The van der Waals surface area contributed by atoms with Gasteiger partial charge >= 0.3 is 0 Å². The number of hydrogen-bond acceptors (Lipinski definition) is 6. The molecule has 0 radical (unpaired) electrons. The summed E-state index contributed by atoms with van der Waals surface area (Å²) >= 11 is 0. The van der Waals surface area contributed by atoms with Gasteiger partial charge in [-0.05, 0) is 97.1 Å². The molecule has 1 heterocycles. The summed E-state index contributed by atoms with van der Waals surface area (Å²) < 4.78 is 27.2. The first-order valence-electron chi connectivity index (χ1n) is 22.4. The lowest BCUT2D eigenvalue weighted by Gasteiger charge is -2.41. The van der Waals surface area contributed by atoms with Crippen LogP contribution in [0.5, 0.6) is 17.2 Å². The Labute approximate surface area is 356 Å². The molecular formula is C53H74O6. The molecule has 322 valence electrons. The number of Topliss-reactive ketones (excluding diaryl/α,β-unsaturated/α-hetero) is 1. The smallest absolute Gasteiger partial charge is 0.193 e. The van der Waals surface area contributed by atoms with Crippen LogP contribution in [-0.2, 0) is 51.5 Å². The number of hydrogen-bond donors (Lipinski definition) is 1. The third kappa shape index (κ3) is 8.78. The van der Waals surface area contributed by atoms with Gasteiger partial charge in [-0.1, -0.05) is 140 Å². The van der Waals surface area contributed by atoms with Crippen LogP contribution in [0.3, 0.4) is 0 Å². The van der Waals surface area contributed by atoms with Gasteiger partial charge in [-0.15, -0.1) is 0 Å². The Balaban J connectivity index is 1.76. The maximum absolute atomic E-state index is 15.3. The van der Waals surface area contributed by atoms with E-state index >= 15 is 4.79 Å². The van der Waals surface area contributed by atoms with Crippen molar-refractivity contribution in [2.45, 2.75) is 182 Å². The Morgan fingerprint density at radius 1 is 0.576 bits per heavy atom. The lowest BCUT2D eigenvalue weighted by atomic mass is 9.64. The molecular weight excluding hydrogens is 733 g/mol. The number of carbonyl (C=O) groups is 1. The van der Waals surface area contributed by atoms with Gasteiger partial charge in [-0.2, -0.15) is 0 Å². The number of aliphatic hydroxyl groups is 1. The summed E-state index contributed by atoms with van der Waals surface area (Å²) in [6, 6.07) is 13.8. The molecule has 8 bridgehead atoms. The summed E-state index contributed by atoms with van der Waals surface area (Å²) in [5.74, 6) is 2.48. The van der Waals surface area contributed by atoms with Gasteiger partial charge in [0, 0.05) is 31.3 Å². The van der Waals surface area contributed by atoms with Crippen LogP contribution in [-0.4, -0.2) is 48.0 Å². The summed E-state index contributed by atoms with van der Waals surface area (Å²) in [6.07, 6.45) is 5.48. The second-order valence-corrected chi connectivity index (χ2v) is 21.8. The second-order valence-electron chi connectivity index (χ2n) is 21.8. The van der Waals surface area contributed by atoms with Gasteiger partial charge in [0.25, 0.3) is 0 Å². The zero-order valence-corrected chi connectivity index (χ0v) is 39.2. The third-order valence-corrected chi connectivity index (χ3v) is 12.6. The molecule has 3 aliphatic rings. The average Bonchev–Trinajstić information content (AvgIpc) is 3.87. The van der Waals surface area contributed by atoms with Crippen molar-refractivity contribution in [3.63, 3.8) is 0 Å². The van der Waals surface area contributed by atoms with Crippen LogP contribution in [0.1, 0.15) is 173 Å². The van der Waals surface area contributed by atoms with E-state index in [9.17, 15) is 5.11 Å². The van der Waals surface area contributed by atoms with Crippen LogP contribution in [0, 0.1) is 5.41 Å². The molecule has 1 spiro atoms. The van der Waals surface area contributed by atoms with Crippen LogP contribution in [0.2, 0.25) is 0 Å². The second kappa shape index (κ2) is 16.0. The molecule has 0 aromatic heterocycles. The molecule has 0 unspecified atom stereocenters. The zero-order valence-electron chi connectivity index (χ0n) is 39.2. The standard InChI is InChI=1S/C53H74O6/c1-16-19-56-43-33-22-34-26-41(49(7,8)9)29-37(44(34)57-20-17-2)24-39-32-53(55,51(13,14)15)47-52(59-47,46(39)54)31-38-30-42(50(10,11)12)28-36(45(38)58-21-18-3)23-35(43)27-40(25-33)48(4,5)6/h25-30,32,47,55H,16-24,31H2,1-15H3/t47-,52-,53+/m1/s1. The number of rotatable bonds is 9. The first kappa shape index (κ1) is 44.9. The van der Waals surface area contributed by atoms with Crippen LogP contribution >= 0.6 is 0 Å². The highest BCUT2D eigenvalue weighted by atomic mass is 16.6. The topological polar surface area (TPSA) is 77.5 Å². The number of benzene rings is 3. The number of epoxide rings is 1. The zero-order chi connectivity index (χ0) is 43.5. The fraction of sp³-hybridized carbons (Fsp3) is 0.604. The van der Waals surface area contributed by atoms with Gasteiger partial charge in [-0.3, -0.25) is 4.79 Å². The van der Waals surface area contributed by atoms with Crippen molar-refractivity contribution in [2.75, 3.05) is 19.8 Å². The van der Waals surface area contributed by atoms with Gasteiger partial charge in [0.1, 0.15) is 29.0 Å². The maximum atomic E-state index is 15.3. The van der Waals surface area contributed by atoms with E-state index in [0.29, 0.717) is 51.1 Å². The van der Waals surface area contributed by atoms with E-state index in [1.165, 1.54) is 11.1 Å². The monoisotopic (exact) mass is 807 g/mol. The number of ketones is 1. The van der Waals surface area contributed by atoms with Crippen molar-refractivity contribution in [1.29, 1.82) is 0 Å². The van der Waals surface area contributed by atoms with Crippen LogP contribution < -0.4 is 14.2 Å². The lowest BCUT2D eigenvalue weighted by molar-refractivity contribution is -0.121. The quantitative estimate of drug-likeness (QED) is 0.217. The van der Waals surface area contributed by atoms with E-state index in [-0.39, 0.29) is 22.0 Å². The minimum atomic E-state index is -1.39. The highest BCUT2D eigenvalue weighted by Crippen LogP contribution is 2.58. The van der Waals surface area contributed by atoms with E-state index in [1.807, 2.05) is 26.8 Å². The van der Waals surface area contributed by atoms with Gasteiger partial charge in [-0.25, -0.2) is 0 Å². The van der Waals surface area contributed by atoms with E-state index in [4.69, 9.17) is 18.9 Å². The molecule has 3 aromatic rings. The fourth-order valence-electron chi connectivity index (χ4n) is 8.85. The van der Waals surface area contributed by atoms with Crippen molar-refractivity contribution in [2.24, 2.45) is 5.41 Å². The van der Waals surface area contributed by atoms with E-state index in [2.05, 4.69) is 119 Å². The summed E-state index contributed by atoms with van der Waals surface area (Å²) in [5, 5.41) is 12.8. The van der Waals surface area contributed by atoms with E-state index in [0.717, 1.165) is 75.5 Å². The number of ether oxygens (including phenoxy) is 4. The normalized spacial score (nSPS) is 22.1. The van der Waals surface area contributed by atoms with Crippen molar-refractivity contribution < 1.29 is 28.8 Å². The molecule has 3 atom stereocenters. The lowest BCUT2D eigenvalue weighted by Crippen LogP contribution is -2.54. The fourth-order valence-corrected chi connectivity index (χ4v) is 8.85. The molecule has 1 N–H and O–H groups in total. The number of fused-ring (bicyclic) bond motifs is 7. The third-order valence-electron chi connectivity index (χ3n) is 12.6. The molecule has 0 saturated carbocycles. The molecule has 6 nitrogen and oxygen atoms in total. The highest BCUT2D eigenvalue weighted by molar-refractivity contribution is 6.07. The largest absolute Gasteiger partial charge is 0.493 e. The highest BCUT2D eigenvalue weighted by Gasteiger charge is 2.74. The summed E-state index contributed by atoms with van der Waals surface area (Å²) in [5.41, 5.74) is 6.66. The Kier molecular flexibility index (Phi) is 12.2. The first-order chi connectivity index (χ1) is 27.4. The summed E-state index contributed by atoms with van der Waals surface area (Å²) in [4.78, 5) is 15.3.